The largest absolute Gasteiger partial charge is 0.481 e. The minimum Gasteiger partial charge on any atom is -0.481 e. The number of carboxylic acids is 2. The standard InChI is InChI=1S/C25H45N7O10/c1-12(2)19(31-24(40)20(14(4)33)32-21(37)15(27)7-5-6-10-26)23(39)30-16(8-9-18(35)36)22(38)28-11-17(34)29-13(3)25(41)42/h12-16,19-20,33H,5-11,26-27H2,1-4H3,(H,28,38)(H,29,34)(H,30,39)(H,31,40)(H,32,37)(H,35,36)(H,41,42)/t13-,14+,15-,16-,19-,20-/m0/s1. The zero-order valence-electron chi connectivity index (χ0n) is 24.3. The summed E-state index contributed by atoms with van der Waals surface area (Å²) >= 11 is 0. The molecule has 0 aromatic carbocycles. The highest BCUT2D eigenvalue weighted by Gasteiger charge is 2.34. The molecule has 17 nitrogen and oxygen atoms in total. The third-order valence-electron chi connectivity index (χ3n) is 6.07. The van der Waals surface area contributed by atoms with Gasteiger partial charge in [0, 0.05) is 6.42 Å². The third-order valence-corrected chi connectivity index (χ3v) is 6.07. The van der Waals surface area contributed by atoms with Crippen molar-refractivity contribution in [3.05, 3.63) is 0 Å². The van der Waals surface area contributed by atoms with Gasteiger partial charge in [0.05, 0.1) is 18.7 Å². The van der Waals surface area contributed by atoms with Crippen molar-refractivity contribution in [1.82, 2.24) is 26.6 Å². The van der Waals surface area contributed by atoms with Crippen LogP contribution in [0.1, 0.15) is 59.8 Å². The highest BCUT2D eigenvalue weighted by atomic mass is 16.4. The molecule has 0 aromatic rings. The lowest BCUT2D eigenvalue weighted by Crippen LogP contribution is -2.61. The number of hydrogen-bond acceptors (Lipinski definition) is 10. The van der Waals surface area contributed by atoms with Crippen LogP contribution in [0.15, 0.2) is 0 Å². The first-order valence-electron chi connectivity index (χ1n) is 13.6. The molecule has 240 valence electrons. The van der Waals surface area contributed by atoms with Gasteiger partial charge in [-0.25, -0.2) is 0 Å². The number of aliphatic hydroxyl groups is 1. The van der Waals surface area contributed by atoms with Gasteiger partial charge in [0.2, 0.25) is 29.5 Å². The van der Waals surface area contributed by atoms with Crippen molar-refractivity contribution < 1.29 is 48.9 Å². The summed E-state index contributed by atoms with van der Waals surface area (Å²) in [6.45, 7) is 5.40. The van der Waals surface area contributed by atoms with Crippen molar-refractivity contribution >= 4 is 41.5 Å². The quantitative estimate of drug-likeness (QED) is 0.0607. The molecule has 0 aliphatic heterocycles. The summed E-state index contributed by atoms with van der Waals surface area (Å²) < 4.78 is 0. The van der Waals surface area contributed by atoms with Crippen molar-refractivity contribution in [2.24, 2.45) is 17.4 Å². The van der Waals surface area contributed by atoms with Crippen molar-refractivity contribution in [2.75, 3.05) is 13.1 Å². The van der Waals surface area contributed by atoms with Crippen LogP contribution < -0.4 is 38.1 Å². The second-order valence-electron chi connectivity index (χ2n) is 10.2. The summed E-state index contributed by atoms with van der Waals surface area (Å²) in [4.78, 5) is 85.2. The second kappa shape index (κ2) is 19.3. The number of aliphatic hydroxyl groups excluding tert-OH is 1. The lowest BCUT2D eigenvalue weighted by atomic mass is 10.0. The Morgan fingerprint density at radius 3 is 1.81 bits per heavy atom. The van der Waals surface area contributed by atoms with Gasteiger partial charge in [-0.05, 0) is 45.6 Å². The number of nitrogens with two attached hydrogens (primary N) is 2. The Kier molecular flexibility index (Phi) is 17.6. The summed E-state index contributed by atoms with van der Waals surface area (Å²) in [6, 6.07) is -6.37. The Balaban J connectivity index is 5.54. The number of amides is 5. The molecule has 5 amide bonds. The molecular weight excluding hydrogens is 558 g/mol. The number of carbonyl (C=O) groups excluding carboxylic acids is 5. The monoisotopic (exact) mass is 603 g/mol. The maximum absolute atomic E-state index is 13.1. The van der Waals surface area contributed by atoms with E-state index in [-0.39, 0.29) is 6.42 Å². The zero-order valence-corrected chi connectivity index (χ0v) is 24.3. The molecule has 0 spiro atoms. The van der Waals surface area contributed by atoms with E-state index in [1.807, 2.05) is 0 Å². The molecule has 0 bridgehead atoms. The lowest BCUT2D eigenvalue weighted by molar-refractivity contribution is -0.141. The van der Waals surface area contributed by atoms with E-state index < -0.39 is 96.7 Å². The van der Waals surface area contributed by atoms with Crippen LogP contribution in [0.3, 0.4) is 0 Å². The first-order valence-corrected chi connectivity index (χ1v) is 13.6. The van der Waals surface area contributed by atoms with Gasteiger partial charge in [-0.15, -0.1) is 0 Å². The Bertz CT molecular complexity index is 960. The minimum absolute atomic E-state index is 0.300. The van der Waals surface area contributed by atoms with E-state index in [9.17, 15) is 38.7 Å². The van der Waals surface area contributed by atoms with Crippen molar-refractivity contribution in [3.8, 4) is 0 Å². The number of nitrogens with one attached hydrogen (secondary N) is 5. The molecular formula is C25H45N7O10. The van der Waals surface area contributed by atoms with E-state index in [2.05, 4.69) is 26.6 Å². The average Bonchev–Trinajstić information content (AvgIpc) is 2.90. The molecule has 0 saturated carbocycles. The zero-order chi connectivity index (χ0) is 32.6. The van der Waals surface area contributed by atoms with Gasteiger partial charge < -0.3 is 53.4 Å². The lowest BCUT2D eigenvalue weighted by Gasteiger charge is -2.28. The molecule has 0 saturated heterocycles. The third kappa shape index (κ3) is 14.7. The highest BCUT2D eigenvalue weighted by molar-refractivity contribution is 5.96. The van der Waals surface area contributed by atoms with Crippen LogP contribution in [0, 0.1) is 5.92 Å². The van der Waals surface area contributed by atoms with Crippen LogP contribution in [0.5, 0.6) is 0 Å². The number of carbonyl (C=O) groups is 7. The maximum Gasteiger partial charge on any atom is 0.325 e. The molecule has 42 heavy (non-hydrogen) atoms. The van der Waals surface area contributed by atoms with Gasteiger partial charge in [0.15, 0.2) is 0 Å². The number of unbranched alkanes of at least 4 members (excludes halogenated alkanes) is 1. The first kappa shape index (κ1) is 38.2. The summed E-state index contributed by atoms with van der Waals surface area (Å²) in [7, 11) is 0. The molecule has 0 rings (SSSR count). The van der Waals surface area contributed by atoms with Crippen molar-refractivity contribution in [1.29, 1.82) is 0 Å². The van der Waals surface area contributed by atoms with E-state index in [1.54, 1.807) is 13.8 Å². The highest BCUT2D eigenvalue weighted by Crippen LogP contribution is 2.07. The Labute approximate surface area is 243 Å². The van der Waals surface area contributed by atoms with E-state index in [0.717, 1.165) is 0 Å². The fourth-order valence-electron chi connectivity index (χ4n) is 3.53. The van der Waals surface area contributed by atoms with Gasteiger partial charge in [0.25, 0.3) is 0 Å². The van der Waals surface area contributed by atoms with E-state index in [1.165, 1.54) is 13.8 Å². The van der Waals surface area contributed by atoms with Crippen LogP contribution in [0.2, 0.25) is 0 Å². The van der Waals surface area contributed by atoms with Crippen LogP contribution in [0.4, 0.5) is 0 Å². The molecule has 0 aliphatic carbocycles. The van der Waals surface area contributed by atoms with Gasteiger partial charge in [-0.2, -0.15) is 0 Å². The Morgan fingerprint density at radius 1 is 0.738 bits per heavy atom. The summed E-state index contributed by atoms with van der Waals surface area (Å²) in [5.41, 5.74) is 11.3. The molecule has 0 unspecified atom stereocenters. The fraction of sp³-hybridized carbons (Fsp3) is 0.720. The number of carboxylic acid groups (broad SMARTS) is 2. The predicted octanol–water partition coefficient (Wildman–Crippen LogP) is -3.50. The van der Waals surface area contributed by atoms with E-state index in [0.29, 0.717) is 25.8 Å². The number of rotatable bonds is 20. The molecule has 0 fully saturated rings. The molecule has 17 heteroatoms. The van der Waals surface area contributed by atoms with Crippen LogP contribution in [-0.2, 0) is 33.6 Å². The van der Waals surface area contributed by atoms with Crippen LogP contribution >= 0.6 is 0 Å². The van der Waals surface area contributed by atoms with E-state index >= 15 is 0 Å². The number of aliphatic carboxylic acids is 2. The molecule has 6 atom stereocenters. The topological polar surface area (TPSA) is 292 Å². The van der Waals surface area contributed by atoms with Gasteiger partial charge in [-0.3, -0.25) is 33.6 Å². The summed E-state index contributed by atoms with van der Waals surface area (Å²) in [5.74, 6) is -7.35. The number of hydrogen-bond donors (Lipinski definition) is 10. The van der Waals surface area contributed by atoms with Gasteiger partial charge >= 0.3 is 11.9 Å². The Morgan fingerprint density at radius 2 is 1.31 bits per heavy atom. The molecule has 0 aromatic heterocycles. The SMILES string of the molecule is CC(C)[C@H](NC(=O)[C@@H](NC(=O)[C@@H](N)CCCCN)[C@@H](C)O)C(=O)N[C@@H](CCC(=O)O)C(=O)NCC(=O)N[C@@H](C)C(=O)O. The molecule has 0 aliphatic rings. The van der Waals surface area contributed by atoms with Crippen molar-refractivity contribution in [3.63, 3.8) is 0 Å². The van der Waals surface area contributed by atoms with Gasteiger partial charge in [0.1, 0.15) is 24.2 Å². The molecule has 0 heterocycles. The Hall–Kier alpha value is -3.83. The fourth-order valence-corrected chi connectivity index (χ4v) is 3.53. The van der Waals surface area contributed by atoms with Crippen LogP contribution in [-0.4, -0.2) is 106 Å². The smallest absolute Gasteiger partial charge is 0.325 e. The average molecular weight is 604 g/mol. The predicted molar refractivity (Wildman–Crippen MR) is 148 cm³/mol. The molecule has 12 N–H and O–H groups in total. The summed E-state index contributed by atoms with van der Waals surface area (Å²) in [5, 5.41) is 39.6. The maximum atomic E-state index is 13.1. The van der Waals surface area contributed by atoms with Crippen LogP contribution in [0.25, 0.3) is 0 Å². The molecule has 0 radical (unpaired) electrons. The first-order chi connectivity index (χ1) is 19.5. The second-order valence-corrected chi connectivity index (χ2v) is 10.2. The van der Waals surface area contributed by atoms with E-state index in [4.69, 9.17) is 21.7 Å². The summed E-state index contributed by atoms with van der Waals surface area (Å²) in [6.07, 6.45) is -0.739. The van der Waals surface area contributed by atoms with Crippen molar-refractivity contribution in [2.45, 2.75) is 96.1 Å². The minimum atomic E-state index is -1.47. The van der Waals surface area contributed by atoms with Gasteiger partial charge in [-0.1, -0.05) is 20.3 Å². The normalized spacial score (nSPS) is 15.2.